The Morgan fingerprint density at radius 3 is 2.59 bits per heavy atom. The van der Waals surface area contributed by atoms with E-state index in [1.54, 1.807) is 19.5 Å². The molecule has 1 amide bonds. The molecule has 0 fully saturated rings. The van der Waals surface area contributed by atoms with Crippen molar-refractivity contribution in [2.45, 2.75) is 44.7 Å². The molecule has 7 rings (SSSR count). The molecule has 0 radical (unpaired) electrons. The maximum Gasteiger partial charge on any atom is 0.225 e. The molecule has 3 heterocycles. The summed E-state index contributed by atoms with van der Waals surface area (Å²) in [5.41, 5.74) is 8.13. The average molecular weight is 609 g/mol. The number of amides is 1. The molecule has 3 aromatic heterocycles. The summed E-state index contributed by atoms with van der Waals surface area (Å²) in [6.07, 6.45) is 11.1. The third kappa shape index (κ3) is 6.33. The number of allylic oxidation sites excluding steroid dienone is 1. The van der Waals surface area contributed by atoms with Gasteiger partial charge in [-0.2, -0.15) is 0 Å². The zero-order valence-electron chi connectivity index (χ0n) is 25.8. The van der Waals surface area contributed by atoms with Crippen LogP contribution in [0.4, 0.5) is 0 Å². The van der Waals surface area contributed by atoms with E-state index in [0.29, 0.717) is 19.4 Å². The summed E-state index contributed by atoms with van der Waals surface area (Å²) in [6, 6.07) is 28.3. The van der Waals surface area contributed by atoms with E-state index in [1.807, 2.05) is 30.3 Å². The molecule has 0 bridgehead atoms. The Morgan fingerprint density at radius 2 is 1.74 bits per heavy atom. The molecule has 2 N–H and O–H groups in total. The molecular weight excluding hydrogens is 572 g/mol. The zero-order chi connectivity index (χ0) is 31.3. The van der Waals surface area contributed by atoms with Crippen LogP contribution >= 0.6 is 0 Å². The van der Waals surface area contributed by atoms with Gasteiger partial charge in [0.15, 0.2) is 5.82 Å². The molecule has 1 aliphatic carbocycles. The number of aromatic nitrogens is 5. The summed E-state index contributed by atoms with van der Waals surface area (Å²) in [5.74, 6) is 2.37. The van der Waals surface area contributed by atoms with Gasteiger partial charge < -0.3 is 19.6 Å². The molecular formula is C38H36N6O2. The average Bonchev–Trinajstić information content (AvgIpc) is 3.81. The Morgan fingerprint density at radius 1 is 0.935 bits per heavy atom. The van der Waals surface area contributed by atoms with Gasteiger partial charge in [-0.05, 0) is 76.6 Å². The Hall–Kier alpha value is -5.50. The number of hydrogen-bond donors (Lipinski definition) is 2. The molecule has 230 valence electrons. The monoisotopic (exact) mass is 608 g/mol. The van der Waals surface area contributed by atoms with E-state index >= 15 is 0 Å². The number of aromatic amines is 1. The summed E-state index contributed by atoms with van der Waals surface area (Å²) >= 11 is 0. The minimum atomic E-state index is -0.376. The number of hydrogen-bond acceptors (Lipinski definition) is 5. The van der Waals surface area contributed by atoms with E-state index in [-0.39, 0.29) is 18.4 Å². The van der Waals surface area contributed by atoms with Gasteiger partial charge in [-0.1, -0.05) is 60.7 Å². The number of rotatable bonds is 12. The first-order valence-corrected chi connectivity index (χ1v) is 15.7. The number of ether oxygens (including phenoxy) is 1. The van der Waals surface area contributed by atoms with Crippen molar-refractivity contribution < 1.29 is 9.53 Å². The first kappa shape index (κ1) is 29.2. The number of para-hydroxylation sites is 1. The molecule has 8 heteroatoms. The van der Waals surface area contributed by atoms with Crippen LogP contribution in [0.2, 0.25) is 0 Å². The number of benzene rings is 3. The number of fused-ring (bicyclic) bond motifs is 2. The predicted octanol–water partition coefficient (Wildman–Crippen LogP) is 6.43. The summed E-state index contributed by atoms with van der Waals surface area (Å²) in [5, 5.41) is 14.1. The second kappa shape index (κ2) is 13.2. The van der Waals surface area contributed by atoms with Crippen molar-refractivity contribution in [3.05, 3.63) is 149 Å². The van der Waals surface area contributed by atoms with Crippen molar-refractivity contribution in [2.75, 3.05) is 7.11 Å². The maximum absolute atomic E-state index is 13.5. The van der Waals surface area contributed by atoms with Crippen molar-refractivity contribution >= 4 is 22.4 Å². The number of H-pyrrole nitrogens is 1. The lowest BCUT2D eigenvalue weighted by atomic mass is 9.98. The summed E-state index contributed by atoms with van der Waals surface area (Å²) in [4.78, 5) is 21.0. The number of aryl methyl sites for hydroxylation is 2. The third-order valence-electron chi connectivity index (χ3n) is 8.77. The van der Waals surface area contributed by atoms with Crippen LogP contribution in [0, 0.1) is 0 Å². The smallest absolute Gasteiger partial charge is 0.225 e. The van der Waals surface area contributed by atoms with Gasteiger partial charge in [0.05, 0.1) is 26.1 Å². The van der Waals surface area contributed by atoms with Crippen molar-refractivity contribution in [2.24, 2.45) is 0 Å². The Balaban J connectivity index is 1.23. The minimum absolute atomic E-state index is 0.0672. The highest BCUT2D eigenvalue weighted by Crippen LogP contribution is 2.34. The molecule has 0 aliphatic heterocycles. The molecule has 46 heavy (non-hydrogen) atoms. The fourth-order valence-corrected chi connectivity index (χ4v) is 6.37. The number of nitrogens with zero attached hydrogens (tertiary/aromatic N) is 4. The summed E-state index contributed by atoms with van der Waals surface area (Å²) < 4.78 is 7.60. The van der Waals surface area contributed by atoms with E-state index in [4.69, 9.17) is 14.9 Å². The zero-order valence-corrected chi connectivity index (χ0v) is 25.8. The molecule has 0 unspecified atom stereocenters. The van der Waals surface area contributed by atoms with Gasteiger partial charge in [-0.15, -0.1) is 10.2 Å². The van der Waals surface area contributed by atoms with Crippen LogP contribution in [0.5, 0.6) is 5.75 Å². The number of nitrogens with one attached hydrogen (secondary N) is 2. The molecule has 6 aromatic rings. The van der Waals surface area contributed by atoms with Crippen LogP contribution in [0.25, 0.3) is 16.5 Å². The largest absolute Gasteiger partial charge is 0.497 e. The van der Waals surface area contributed by atoms with E-state index in [9.17, 15) is 4.79 Å². The van der Waals surface area contributed by atoms with Gasteiger partial charge in [0.25, 0.3) is 0 Å². The predicted molar refractivity (Wildman–Crippen MR) is 179 cm³/mol. The fourth-order valence-electron chi connectivity index (χ4n) is 6.37. The molecule has 1 atom stereocenters. The molecule has 3 aromatic carbocycles. The van der Waals surface area contributed by atoms with Crippen LogP contribution in [0.1, 0.15) is 51.9 Å². The van der Waals surface area contributed by atoms with Gasteiger partial charge in [-0.25, -0.2) is 0 Å². The van der Waals surface area contributed by atoms with Crippen molar-refractivity contribution in [1.82, 2.24) is 30.0 Å². The Labute approximate surface area is 268 Å². The van der Waals surface area contributed by atoms with Crippen LogP contribution in [-0.4, -0.2) is 37.7 Å². The Kier molecular flexibility index (Phi) is 8.41. The number of carbonyl (C=O) groups excluding carboxylic acids is 1. The normalized spacial score (nSPS) is 12.9. The highest BCUT2D eigenvalue weighted by atomic mass is 16.5. The third-order valence-corrected chi connectivity index (χ3v) is 8.77. The highest BCUT2D eigenvalue weighted by Gasteiger charge is 2.27. The second-order valence-corrected chi connectivity index (χ2v) is 11.7. The summed E-state index contributed by atoms with van der Waals surface area (Å²) in [6.45, 7) is 0.571. The van der Waals surface area contributed by atoms with Crippen molar-refractivity contribution in [1.29, 1.82) is 0 Å². The quantitative estimate of drug-likeness (QED) is 0.167. The number of carbonyl (C=O) groups is 1. The maximum atomic E-state index is 13.5. The van der Waals surface area contributed by atoms with Gasteiger partial charge in [0.2, 0.25) is 5.91 Å². The lowest BCUT2D eigenvalue weighted by Gasteiger charge is -2.21. The van der Waals surface area contributed by atoms with Crippen LogP contribution in [0.15, 0.2) is 110 Å². The topological polar surface area (TPSA) is 97.7 Å². The van der Waals surface area contributed by atoms with Gasteiger partial charge >= 0.3 is 0 Å². The number of methoxy groups -OCH3 is 1. The fraction of sp³-hybridized carbons (Fsp3) is 0.211. The van der Waals surface area contributed by atoms with E-state index in [0.717, 1.165) is 46.9 Å². The van der Waals surface area contributed by atoms with Gasteiger partial charge in [0, 0.05) is 42.3 Å². The van der Waals surface area contributed by atoms with Crippen LogP contribution < -0.4 is 10.1 Å². The van der Waals surface area contributed by atoms with Gasteiger partial charge in [0.1, 0.15) is 11.6 Å². The molecule has 8 nitrogen and oxygen atoms in total. The minimum Gasteiger partial charge on any atom is -0.497 e. The molecule has 1 aliphatic rings. The van der Waals surface area contributed by atoms with E-state index in [1.165, 1.54) is 27.6 Å². The molecule has 0 saturated carbocycles. The van der Waals surface area contributed by atoms with E-state index in [2.05, 4.69) is 86.7 Å². The number of pyridine rings is 1. The SMILES string of the molecule is COc1ccc(Cn2c(CCc3c[nH]c4ccccc34)nnc2[C@@H](CC2=CCc3ccccc32)NC(=O)Cc2ccncc2)cc1. The van der Waals surface area contributed by atoms with Gasteiger partial charge in [-0.3, -0.25) is 9.78 Å². The second-order valence-electron chi connectivity index (χ2n) is 11.7. The standard InChI is InChI=1S/C38H36N6O2/c1-46-31-15-10-27(11-16-31)25-44-36(17-14-30-24-40-34-9-5-4-8-33(30)34)42-43-38(44)35(41-37(45)22-26-18-20-39-21-19-26)23-29-13-12-28-6-2-3-7-32(28)29/h2-11,13,15-16,18-21,24,35,40H,12,14,17,22-23,25H2,1H3,(H,41,45)/t35-/m1/s1. The Bertz CT molecular complexity index is 1990. The van der Waals surface area contributed by atoms with E-state index < -0.39 is 0 Å². The lowest BCUT2D eigenvalue weighted by molar-refractivity contribution is -0.121. The van der Waals surface area contributed by atoms with Crippen LogP contribution in [-0.2, 0) is 37.0 Å². The summed E-state index contributed by atoms with van der Waals surface area (Å²) in [7, 11) is 1.67. The molecule has 0 spiro atoms. The lowest BCUT2D eigenvalue weighted by Crippen LogP contribution is -2.32. The van der Waals surface area contributed by atoms with Crippen LogP contribution in [0.3, 0.4) is 0 Å². The first-order valence-electron chi connectivity index (χ1n) is 15.7. The van der Waals surface area contributed by atoms with Crippen molar-refractivity contribution in [3.8, 4) is 5.75 Å². The molecule has 0 saturated heterocycles. The first-order chi connectivity index (χ1) is 22.6. The highest BCUT2D eigenvalue weighted by molar-refractivity contribution is 5.83. The van der Waals surface area contributed by atoms with Crippen molar-refractivity contribution in [3.63, 3.8) is 0 Å².